The van der Waals surface area contributed by atoms with Crippen LogP contribution in [0.3, 0.4) is 0 Å². The van der Waals surface area contributed by atoms with E-state index in [1.807, 2.05) is 0 Å². The Balaban J connectivity index is 2.05. The van der Waals surface area contributed by atoms with E-state index in [1.54, 1.807) is 0 Å². The largest absolute Gasteiger partial charge is 0.393 e. The summed E-state index contributed by atoms with van der Waals surface area (Å²) in [5, 5.41) is 0. The van der Waals surface area contributed by atoms with Gasteiger partial charge in [-0.2, -0.15) is 0 Å². The monoisotopic (exact) mass is 201 g/mol. The van der Waals surface area contributed by atoms with Crippen molar-refractivity contribution in [2.24, 2.45) is 5.73 Å². The highest BCUT2D eigenvalue weighted by molar-refractivity contribution is 7.80. The fourth-order valence-corrected chi connectivity index (χ4v) is 1.69. The van der Waals surface area contributed by atoms with Crippen LogP contribution < -0.4 is 5.73 Å². The highest BCUT2D eigenvalue weighted by Crippen LogP contribution is 2.01. The Morgan fingerprint density at radius 2 is 1.92 bits per heavy atom. The molecule has 1 rings (SSSR count). The first-order valence-corrected chi connectivity index (χ1v) is 5.28. The molecule has 0 aromatic rings. The Labute approximate surface area is 85.9 Å². The van der Waals surface area contributed by atoms with Crippen molar-refractivity contribution in [2.45, 2.75) is 12.8 Å². The van der Waals surface area contributed by atoms with Gasteiger partial charge in [-0.1, -0.05) is 12.2 Å². The van der Waals surface area contributed by atoms with Gasteiger partial charge in [-0.25, -0.2) is 0 Å². The van der Waals surface area contributed by atoms with Crippen LogP contribution in [0.1, 0.15) is 12.8 Å². The molecule has 0 unspecified atom stereocenters. The predicted molar refractivity (Wildman–Crippen MR) is 60.0 cm³/mol. The summed E-state index contributed by atoms with van der Waals surface area (Å²) in [6.45, 7) is 5.90. The average molecular weight is 201 g/mol. The number of nitrogens with zero attached hydrogens (tertiary/aromatic N) is 2. The van der Waals surface area contributed by atoms with Crippen LogP contribution in [-0.2, 0) is 0 Å². The molecule has 1 fully saturated rings. The number of likely N-dealkylation sites (N-methyl/N-ethyl adjacent to an activating group) is 1. The zero-order valence-electron chi connectivity index (χ0n) is 8.33. The molecule has 1 saturated heterocycles. The molecule has 76 valence electrons. The SMILES string of the molecule is CN1CCN(CCCC(N)=S)CC1. The maximum atomic E-state index is 5.43. The smallest absolute Gasteiger partial charge is 0.0727 e. The molecule has 0 radical (unpaired) electrons. The Morgan fingerprint density at radius 3 is 2.46 bits per heavy atom. The Kier molecular flexibility index (Phi) is 4.62. The molecule has 1 aliphatic heterocycles. The van der Waals surface area contributed by atoms with Crippen LogP contribution in [0.5, 0.6) is 0 Å². The summed E-state index contributed by atoms with van der Waals surface area (Å²) < 4.78 is 0. The van der Waals surface area contributed by atoms with E-state index >= 15 is 0 Å². The van der Waals surface area contributed by atoms with Crippen LogP contribution in [0.15, 0.2) is 0 Å². The first kappa shape index (κ1) is 10.9. The van der Waals surface area contributed by atoms with Gasteiger partial charge in [-0.05, 0) is 26.4 Å². The summed E-state index contributed by atoms with van der Waals surface area (Å²) in [5.74, 6) is 0. The van der Waals surface area contributed by atoms with Crippen LogP contribution >= 0.6 is 12.2 Å². The third-order valence-corrected chi connectivity index (χ3v) is 2.70. The molecule has 0 aromatic heterocycles. The first-order valence-electron chi connectivity index (χ1n) is 4.87. The van der Waals surface area contributed by atoms with Gasteiger partial charge in [0.2, 0.25) is 0 Å². The molecule has 4 heteroatoms. The predicted octanol–water partition coefficient (Wildman–Crippen LogP) is 0.300. The lowest BCUT2D eigenvalue weighted by molar-refractivity contribution is 0.153. The zero-order valence-corrected chi connectivity index (χ0v) is 9.15. The van der Waals surface area contributed by atoms with E-state index in [9.17, 15) is 0 Å². The van der Waals surface area contributed by atoms with Crippen molar-refractivity contribution in [1.82, 2.24) is 9.80 Å². The molecule has 0 saturated carbocycles. The van der Waals surface area contributed by atoms with Crippen molar-refractivity contribution in [3.05, 3.63) is 0 Å². The van der Waals surface area contributed by atoms with Gasteiger partial charge in [-0.15, -0.1) is 0 Å². The maximum absolute atomic E-state index is 5.43. The van der Waals surface area contributed by atoms with Crippen LogP contribution in [0, 0.1) is 0 Å². The van der Waals surface area contributed by atoms with Crippen molar-refractivity contribution < 1.29 is 0 Å². The topological polar surface area (TPSA) is 32.5 Å². The second-order valence-electron chi connectivity index (χ2n) is 3.71. The van der Waals surface area contributed by atoms with E-state index in [-0.39, 0.29) is 0 Å². The van der Waals surface area contributed by atoms with E-state index < -0.39 is 0 Å². The lowest BCUT2D eigenvalue weighted by atomic mass is 10.2. The van der Waals surface area contributed by atoms with Crippen molar-refractivity contribution in [2.75, 3.05) is 39.8 Å². The first-order chi connectivity index (χ1) is 6.18. The fourth-order valence-electron chi connectivity index (χ4n) is 1.55. The highest BCUT2D eigenvalue weighted by Gasteiger charge is 2.12. The van der Waals surface area contributed by atoms with Crippen LogP contribution in [0.25, 0.3) is 0 Å². The molecule has 0 aromatic carbocycles. The second-order valence-corrected chi connectivity index (χ2v) is 4.24. The minimum absolute atomic E-state index is 0.647. The minimum atomic E-state index is 0.647. The molecular weight excluding hydrogens is 182 g/mol. The Hall–Kier alpha value is -0.190. The number of rotatable bonds is 4. The molecule has 0 amide bonds. The summed E-state index contributed by atoms with van der Waals surface area (Å²) in [4.78, 5) is 5.50. The molecule has 1 heterocycles. The normalized spacial score (nSPS) is 20.4. The second kappa shape index (κ2) is 5.52. The molecule has 0 atom stereocenters. The Morgan fingerprint density at radius 1 is 1.31 bits per heavy atom. The van der Waals surface area contributed by atoms with Gasteiger partial charge in [0.05, 0.1) is 4.99 Å². The average Bonchev–Trinajstić information content (AvgIpc) is 2.08. The van der Waals surface area contributed by atoms with Gasteiger partial charge in [0.15, 0.2) is 0 Å². The van der Waals surface area contributed by atoms with Crippen molar-refractivity contribution in [3.63, 3.8) is 0 Å². The molecule has 0 spiro atoms. The lowest BCUT2D eigenvalue weighted by Gasteiger charge is -2.32. The number of hydrogen-bond acceptors (Lipinski definition) is 3. The molecular formula is C9H19N3S. The molecule has 2 N–H and O–H groups in total. The summed E-state index contributed by atoms with van der Waals surface area (Å²) in [5.41, 5.74) is 5.43. The van der Waals surface area contributed by atoms with Gasteiger partial charge in [-0.3, -0.25) is 0 Å². The summed E-state index contributed by atoms with van der Waals surface area (Å²) in [6.07, 6.45) is 2.00. The minimum Gasteiger partial charge on any atom is -0.393 e. The molecule has 0 aliphatic carbocycles. The standard InChI is InChI=1S/C9H19N3S/c1-11-5-7-12(8-6-11)4-2-3-9(10)13/h2-8H2,1H3,(H2,10,13). The summed E-state index contributed by atoms with van der Waals surface area (Å²) >= 11 is 4.83. The molecule has 1 aliphatic rings. The van der Waals surface area contributed by atoms with Gasteiger partial charge in [0, 0.05) is 26.2 Å². The van der Waals surface area contributed by atoms with Gasteiger partial charge in [0.25, 0.3) is 0 Å². The van der Waals surface area contributed by atoms with E-state index in [0.717, 1.165) is 19.4 Å². The zero-order chi connectivity index (χ0) is 9.68. The van der Waals surface area contributed by atoms with E-state index in [1.165, 1.54) is 26.2 Å². The number of piperazine rings is 1. The third kappa shape index (κ3) is 4.55. The maximum Gasteiger partial charge on any atom is 0.0727 e. The molecule has 0 bridgehead atoms. The van der Waals surface area contributed by atoms with Gasteiger partial charge >= 0.3 is 0 Å². The quantitative estimate of drug-likeness (QED) is 0.663. The van der Waals surface area contributed by atoms with Gasteiger partial charge < -0.3 is 15.5 Å². The molecule has 13 heavy (non-hydrogen) atoms. The lowest BCUT2D eigenvalue weighted by Crippen LogP contribution is -2.44. The third-order valence-electron chi connectivity index (χ3n) is 2.49. The number of thiocarbonyl (C=S) groups is 1. The van der Waals surface area contributed by atoms with Crippen molar-refractivity contribution in [3.8, 4) is 0 Å². The van der Waals surface area contributed by atoms with Gasteiger partial charge in [0.1, 0.15) is 0 Å². The Bertz CT molecular complexity index is 164. The fraction of sp³-hybridized carbons (Fsp3) is 0.889. The van der Waals surface area contributed by atoms with Crippen molar-refractivity contribution in [1.29, 1.82) is 0 Å². The van der Waals surface area contributed by atoms with Crippen molar-refractivity contribution >= 4 is 17.2 Å². The number of nitrogens with two attached hydrogens (primary N) is 1. The van der Waals surface area contributed by atoms with Crippen LogP contribution in [0.4, 0.5) is 0 Å². The van der Waals surface area contributed by atoms with E-state index in [2.05, 4.69) is 16.8 Å². The van der Waals surface area contributed by atoms with E-state index in [0.29, 0.717) is 4.99 Å². The van der Waals surface area contributed by atoms with Crippen LogP contribution in [0.2, 0.25) is 0 Å². The van der Waals surface area contributed by atoms with E-state index in [4.69, 9.17) is 18.0 Å². The highest BCUT2D eigenvalue weighted by atomic mass is 32.1. The summed E-state index contributed by atoms with van der Waals surface area (Å²) in [7, 11) is 2.17. The number of hydrogen-bond donors (Lipinski definition) is 1. The van der Waals surface area contributed by atoms with Crippen LogP contribution in [-0.4, -0.2) is 54.6 Å². The molecule has 3 nitrogen and oxygen atoms in total. The summed E-state index contributed by atoms with van der Waals surface area (Å²) in [6, 6.07) is 0.